The van der Waals surface area contributed by atoms with Crippen molar-refractivity contribution in [1.29, 1.82) is 0 Å². The number of rotatable bonds is 3. The van der Waals surface area contributed by atoms with Gasteiger partial charge in [0.15, 0.2) is 6.80 Å². The molecule has 0 spiro atoms. The summed E-state index contributed by atoms with van der Waals surface area (Å²) in [6.45, 7) is -0.674. The van der Waals surface area contributed by atoms with E-state index in [1.54, 1.807) is 0 Å². The van der Waals surface area contributed by atoms with Gasteiger partial charge in [-0.05, 0) is 0 Å². The average Bonchev–Trinajstić information content (AvgIpc) is 2.51. The molecule has 66 valence electrons. The molecule has 0 aromatic carbocycles. The lowest BCUT2D eigenvalue weighted by Gasteiger charge is -2.00. The predicted octanol–water partition coefficient (Wildman–Crippen LogP) is 0.526. The molecule has 0 aliphatic heterocycles. The summed E-state index contributed by atoms with van der Waals surface area (Å²) in [6, 6.07) is 0. The highest BCUT2D eigenvalue weighted by Gasteiger charge is 2.07. The largest absolute Gasteiger partial charge is 0.469 e. The Kier molecular flexibility index (Phi) is 2.79. The van der Waals surface area contributed by atoms with Crippen molar-refractivity contribution < 1.29 is 13.9 Å². The van der Waals surface area contributed by atoms with Crippen LogP contribution in [-0.2, 0) is 22.8 Å². The molecule has 0 radical (unpaired) electrons. The van der Waals surface area contributed by atoms with E-state index in [1.807, 2.05) is 0 Å². The molecule has 0 aliphatic rings. The van der Waals surface area contributed by atoms with Gasteiger partial charge in [0.2, 0.25) is 0 Å². The van der Waals surface area contributed by atoms with Gasteiger partial charge >= 0.3 is 5.97 Å². The minimum absolute atomic E-state index is 0.0560. The molecule has 4 nitrogen and oxygen atoms in total. The smallest absolute Gasteiger partial charge is 0.311 e. The van der Waals surface area contributed by atoms with Crippen LogP contribution in [0.25, 0.3) is 0 Å². The van der Waals surface area contributed by atoms with Crippen LogP contribution in [-0.4, -0.2) is 22.6 Å². The zero-order chi connectivity index (χ0) is 8.97. The lowest BCUT2D eigenvalue weighted by Crippen LogP contribution is -2.08. The number of ether oxygens (including phenoxy) is 1. The first-order chi connectivity index (χ1) is 5.77. The van der Waals surface area contributed by atoms with Crippen LogP contribution in [0.15, 0.2) is 12.5 Å². The Morgan fingerprint density at radius 2 is 2.58 bits per heavy atom. The first-order valence-electron chi connectivity index (χ1n) is 3.39. The number of halogens is 1. The van der Waals surface area contributed by atoms with Gasteiger partial charge < -0.3 is 9.30 Å². The molecular weight excluding hydrogens is 163 g/mol. The third-order valence-corrected chi connectivity index (χ3v) is 1.48. The first-order valence-corrected chi connectivity index (χ1v) is 3.39. The summed E-state index contributed by atoms with van der Waals surface area (Å²) >= 11 is 0. The van der Waals surface area contributed by atoms with Gasteiger partial charge in [-0.1, -0.05) is 0 Å². The van der Waals surface area contributed by atoms with Gasteiger partial charge in [-0.3, -0.25) is 4.79 Å². The summed E-state index contributed by atoms with van der Waals surface area (Å²) in [5.41, 5.74) is 0.518. The van der Waals surface area contributed by atoms with E-state index >= 15 is 0 Å². The van der Waals surface area contributed by atoms with Gasteiger partial charge in [-0.2, -0.15) is 0 Å². The Hall–Kier alpha value is -1.39. The highest BCUT2D eigenvalue weighted by Crippen LogP contribution is 2.01. The van der Waals surface area contributed by atoms with Gasteiger partial charge in [0.05, 0.1) is 25.6 Å². The maximum atomic E-state index is 12.1. The van der Waals surface area contributed by atoms with Crippen molar-refractivity contribution in [2.45, 2.75) is 13.2 Å². The van der Waals surface area contributed by atoms with Crippen LogP contribution in [0.4, 0.5) is 4.39 Å². The number of methoxy groups -OCH3 is 1. The molecule has 0 amide bonds. The van der Waals surface area contributed by atoms with Crippen molar-refractivity contribution in [3.63, 3.8) is 0 Å². The maximum absolute atomic E-state index is 12.1. The molecule has 0 N–H and O–H groups in total. The van der Waals surface area contributed by atoms with E-state index in [2.05, 4.69) is 9.72 Å². The third-order valence-electron chi connectivity index (χ3n) is 1.48. The van der Waals surface area contributed by atoms with E-state index in [9.17, 15) is 9.18 Å². The molecular formula is C7H9FN2O2. The van der Waals surface area contributed by atoms with Gasteiger partial charge in [0.1, 0.15) is 0 Å². The first kappa shape index (κ1) is 8.70. The Morgan fingerprint density at radius 1 is 1.83 bits per heavy atom. The summed E-state index contributed by atoms with van der Waals surface area (Å²) in [6.07, 6.45) is 2.83. The van der Waals surface area contributed by atoms with Gasteiger partial charge in [-0.25, -0.2) is 9.37 Å². The number of aromatic nitrogens is 2. The third kappa shape index (κ3) is 1.81. The van der Waals surface area contributed by atoms with Crippen molar-refractivity contribution in [3.8, 4) is 0 Å². The average molecular weight is 172 g/mol. The number of imidazole rings is 1. The molecule has 0 bridgehead atoms. The molecule has 5 heteroatoms. The van der Waals surface area contributed by atoms with Crippen LogP contribution >= 0.6 is 0 Å². The van der Waals surface area contributed by atoms with Crippen LogP contribution in [0.1, 0.15) is 5.69 Å². The fourth-order valence-electron chi connectivity index (χ4n) is 0.823. The molecule has 1 heterocycles. The molecule has 0 fully saturated rings. The summed E-state index contributed by atoms with van der Waals surface area (Å²) in [4.78, 5) is 14.5. The number of alkyl halides is 1. The number of nitrogens with zero attached hydrogens (tertiary/aromatic N) is 2. The molecule has 1 aromatic heterocycles. The summed E-state index contributed by atoms with van der Waals surface area (Å²) < 4.78 is 17.8. The van der Waals surface area contributed by atoms with Gasteiger partial charge in [0, 0.05) is 6.20 Å². The van der Waals surface area contributed by atoms with Crippen molar-refractivity contribution in [2.75, 3.05) is 7.11 Å². The monoisotopic (exact) mass is 172 g/mol. The molecule has 12 heavy (non-hydrogen) atoms. The summed E-state index contributed by atoms with van der Waals surface area (Å²) in [7, 11) is 1.29. The van der Waals surface area contributed by atoms with Crippen LogP contribution in [0.5, 0.6) is 0 Å². The molecule has 0 aliphatic carbocycles. The van der Waals surface area contributed by atoms with E-state index in [4.69, 9.17) is 0 Å². The lowest BCUT2D eigenvalue weighted by atomic mass is 10.3. The number of hydrogen-bond acceptors (Lipinski definition) is 3. The number of hydrogen-bond donors (Lipinski definition) is 0. The van der Waals surface area contributed by atoms with Crippen molar-refractivity contribution in [1.82, 2.24) is 9.55 Å². The SMILES string of the molecule is COC(=O)Cc1cncn1CF. The molecule has 0 atom stereocenters. The second-order valence-corrected chi connectivity index (χ2v) is 2.23. The van der Waals surface area contributed by atoms with Crippen molar-refractivity contribution in [2.24, 2.45) is 0 Å². The normalized spacial score (nSPS) is 9.83. The van der Waals surface area contributed by atoms with Gasteiger partial charge in [0.25, 0.3) is 0 Å². The van der Waals surface area contributed by atoms with E-state index < -0.39 is 12.8 Å². The second kappa shape index (κ2) is 3.85. The zero-order valence-corrected chi connectivity index (χ0v) is 6.66. The van der Waals surface area contributed by atoms with Crippen LogP contribution < -0.4 is 0 Å². The molecule has 0 saturated carbocycles. The summed E-state index contributed by atoms with van der Waals surface area (Å²) in [5, 5.41) is 0. The Balaban J connectivity index is 2.68. The van der Waals surface area contributed by atoms with E-state index in [0.717, 1.165) is 0 Å². The van der Waals surface area contributed by atoms with Crippen molar-refractivity contribution >= 4 is 5.97 Å². The standard InChI is InChI=1S/C7H9FN2O2/c1-12-7(11)2-6-3-9-5-10(6)4-8/h3,5H,2,4H2,1H3. The Bertz CT molecular complexity index is 272. The fourth-order valence-corrected chi connectivity index (χ4v) is 0.823. The topological polar surface area (TPSA) is 44.1 Å². The number of carbonyl (C=O) groups excluding carboxylic acids is 1. The van der Waals surface area contributed by atoms with Gasteiger partial charge in [-0.15, -0.1) is 0 Å². The Morgan fingerprint density at radius 3 is 3.17 bits per heavy atom. The van der Waals surface area contributed by atoms with Crippen LogP contribution in [0.3, 0.4) is 0 Å². The van der Waals surface area contributed by atoms with E-state index in [0.29, 0.717) is 5.69 Å². The number of carbonyl (C=O) groups is 1. The predicted molar refractivity (Wildman–Crippen MR) is 39.1 cm³/mol. The minimum atomic E-state index is -0.674. The summed E-state index contributed by atoms with van der Waals surface area (Å²) in [5.74, 6) is -0.398. The molecule has 0 unspecified atom stereocenters. The highest BCUT2D eigenvalue weighted by molar-refractivity contribution is 5.71. The molecule has 1 rings (SSSR count). The van der Waals surface area contributed by atoms with Crippen LogP contribution in [0.2, 0.25) is 0 Å². The van der Waals surface area contributed by atoms with Crippen LogP contribution in [0, 0.1) is 0 Å². The fraction of sp³-hybridized carbons (Fsp3) is 0.429. The lowest BCUT2D eigenvalue weighted by molar-refractivity contribution is -0.139. The highest BCUT2D eigenvalue weighted by atomic mass is 19.1. The zero-order valence-electron chi connectivity index (χ0n) is 6.66. The maximum Gasteiger partial charge on any atom is 0.311 e. The second-order valence-electron chi connectivity index (χ2n) is 2.23. The minimum Gasteiger partial charge on any atom is -0.469 e. The number of esters is 1. The van der Waals surface area contributed by atoms with E-state index in [1.165, 1.54) is 24.2 Å². The van der Waals surface area contributed by atoms with Crippen molar-refractivity contribution in [3.05, 3.63) is 18.2 Å². The Labute approximate surface area is 69.0 Å². The van der Waals surface area contributed by atoms with E-state index in [-0.39, 0.29) is 6.42 Å². The quantitative estimate of drug-likeness (QED) is 0.624. The molecule has 0 saturated heterocycles. The molecule has 1 aromatic rings.